The molecule has 0 unspecified atom stereocenters. The monoisotopic (exact) mass is 155 g/mol. The number of esters is 1. The van der Waals surface area contributed by atoms with Gasteiger partial charge in [0, 0.05) is 13.3 Å². The van der Waals surface area contributed by atoms with Crippen LogP contribution in [0.3, 0.4) is 0 Å². The van der Waals surface area contributed by atoms with Crippen molar-refractivity contribution < 1.29 is 14.7 Å². The van der Waals surface area contributed by atoms with E-state index in [0.717, 1.165) is 0 Å². The van der Waals surface area contributed by atoms with E-state index >= 15 is 0 Å². The highest BCUT2D eigenvalue weighted by Crippen LogP contribution is 2.11. The SMILES string of the molecule is CC(=O)O[C@H]1C=CC(=NO)C1. The largest absolute Gasteiger partial charge is 0.458 e. The van der Waals surface area contributed by atoms with Crippen molar-refractivity contribution in [1.82, 2.24) is 0 Å². The first-order valence-corrected chi connectivity index (χ1v) is 3.28. The second kappa shape index (κ2) is 3.18. The van der Waals surface area contributed by atoms with E-state index in [9.17, 15) is 4.79 Å². The van der Waals surface area contributed by atoms with Crippen LogP contribution in [0.15, 0.2) is 17.3 Å². The van der Waals surface area contributed by atoms with Gasteiger partial charge in [0.25, 0.3) is 0 Å². The van der Waals surface area contributed by atoms with Gasteiger partial charge in [0.05, 0.1) is 5.71 Å². The number of carbonyl (C=O) groups excluding carboxylic acids is 1. The number of nitrogens with zero attached hydrogens (tertiary/aromatic N) is 1. The maximum Gasteiger partial charge on any atom is 0.303 e. The lowest BCUT2D eigenvalue weighted by atomic mass is 10.3. The van der Waals surface area contributed by atoms with Gasteiger partial charge in [-0.05, 0) is 12.2 Å². The van der Waals surface area contributed by atoms with Crippen molar-refractivity contribution >= 4 is 11.7 Å². The molecule has 11 heavy (non-hydrogen) atoms. The van der Waals surface area contributed by atoms with Crippen molar-refractivity contribution in [2.24, 2.45) is 5.16 Å². The van der Waals surface area contributed by atoms with E-state index in [2.05, 4.69) is 5.16 Å². The lowest BCUT2D eigenvalue weighted by Gasteiger charge is -2.05. The Bertz CT molecular complexity index is 220. The number of hydrogen-bond donors (Lipinski definition) is 1. The molecule has 0 aromatic rings. The molecule has 0 aliphatic heterocycles. The summed E-state index contributed by atoms with van der Waals surface area (Å²) < 4.78 is 4.83. The van der Waals surface area contributed by atoms with E-state index in [-0.39, 0.29) is 12.1 Å². The van der Waals surface area contributed by atoms with Gasteiger partial charge in [-0.3, -0.25) is 4.79 Å². The number of ether oxygens (including phenoxy) is 1. The summed E-state index contributed by atoms with van der Waals surface area (Å²) in [5.74, 6) is -0.321. The van der Waals surface area contributed by atoms with Crippen LogP contribution in [0.25, 0.3) is 0 Å². The molecular formula is C7H9NO3. The lowest BCUT2D eigenvalue weighted by molar-refractivity contribution is -0.143. The highest BCUT2D eigenvalue weighted by Gasteiger charge is 2.16. The molecule has 0 aromatic heterocycles. The molecule has 0 bridgehead atoms. The average Bonchev–Trinajstić information content (AvgIpc) is 2.34. The van der Waals surface area contributed by atoms with Gasteiger partial charge in [0.2, 0.25) is 0 Å². The van der Waals surface area contributed by atoms with Gasteiger partial charge < -0.3 is 9.94 Å². The molecule has 0 amide bonds. The molecule has 0 saturated heterocycles. The normalized spacial score (nSPS) is 25.9. The van der Waals surface area contributed by atoms with Crippen molar-refractivity contribution in [1.29, 1.82) is 0 Å². The quantitative estimate of drug-likeness (QED) is 0.344. The van der Waals surface area contributed by atoms with Gasteiger partial charge in [0.15, 0.2) is 0 Å². The predicted octanol–water partition coefficient (Wildman–Crippen LogP) is 0.708. The van der Waals surface area contributed by atoms with Crippen LogP contribution in [-0.2, 0) is 9.53 Å². The fourth-order valence-electron chi connectivity index (χ4n) is 0.929. The molecule has 0 aromatic carbocycles. The summed E-state index contributed by atoms with van der Waals surface area (Å²) in [6.45, 7) is 1.35. The molecule has 0 saturated carbocycles. The molecule has 1 aliphatic carbocycles. The van der Waals surface area contributed by atoms with E-state index < -0.39 is 0 Å². The Hall–Kier alpha value is -1.32. The average molecular weight is 155 g/mol. The van der Waals surface area contributed by atoms with Gasteiger partial charge in [0.1, 0.15) is 6.10 Å². The van der Waals surface area contributed by atoms with Gasteiger partial charge in [-0.2, -0.15) is 0 Å². The van der Waals surface area contributed by atoms with Crippen LogP contribution < -0.4 is 0 Å². The van der Waals surface area contributed by atoms with E-state index in [1.807, 2.05) is 0 Å². The van der Waals surface area contributed by atoms with E-state index in [1.54, 1.807) is 12.2 Å². The zero-order valence-electron chi connectivity index (χ0n) is 6.15. The molecular weight excluding hydrogens is 146 g/mol. The van der Waals surface area contributed by atoms with E-state index in [1.165, 1.54) is 6.92 Å². The van der Waals surface area contributed by atoms with Crippen LogP contribution in [0.5, 0.6) is 0 Å². The van der Waals surface area contributed by atoms with Crippen LogP contribution in [0, 0.1) is 0 Å². The van der Waals surface area contributed by atoms with E-state index in [0.29, 0.717) is 12.1 Å². The molecule has 1 rings (SSSR count). The van der Waals surface area contributed by atoms with Gasteiger partial charge in [-0.25, -0.2) is 0 Å². The van der Waals surface area contributed by atoms with E-state index in [4.69, 9.17) is 9.94 Å². The Morgan fingerprint density at radius 3 is 3.09 bits per heavy atom. The third-order valence-electron chi connectivity index (χ3n) is 1.36. The summed E-state index contributed by atoms with van der Waals surface area (Å²) in [4.78, 5) is 10.4. The van der Waals surface area contributed by atoms with Crippen LogP contribution in [0.4, 0.5) is 0 Å². The number of carbonyl (C=O) groups is 1. The first-order chi connectivity index (χ1) is 5.22. The maximum atomic E-state index is 10.4. The first-order valence-electron chi connectivity index (χ1n) is 3.28. The Labute approximate surface area is 64.2 Å². The third-order valence-corrected chi connectivity index (χ3v) is 1.36. The molecule has 1 aliphatic rings. The minimum Gasteiger partial charge on any atom is -0.458 e. The first kappa shape index (κ1) is 7.78. The zero-order chi connectivity index (χ0) is 8.27. The van der Waals surface area contributed by atoms with Crippen LogP contribution in [0.2, 0.25) is 0 Å². The summed E-state index contributed by atoms with van der Waals surface area (Å²) in [6.07, 6.45) is 3.54. The fourth-order valence-corrected chi connectivity index (χ4v) is 0.929. The topological polar surface area (TPSA) is 58.9 Å². The molecule has 0 radical (unpaired) electrons. The van der Waals surface area contributed by atoms with Gasteiger partial charge in [-0.1, -0.05) is 5.16 Å². The second-order valence-corrected chi connectivity index (χ2v) is 2.30. The second-order valence-electron chi connectivity index (χ2n) is 2.30. The van der Waals surface area contributed by atoms with Crippen molar-refractivity contribution in [2.75, 3.05) is 0 Å². The summed E-state index contributed by atoms with van der Waals surface area (Å²) in [6, 6.07) is 0. The van der Waals surface area contributed by atoms with Crippen molar-refractivity contribution in [3.05, 3.63) is 12.2 Å². The smallest absolute Gasteiger partial charge is 0.303 e. The molecule has 4 nitrogen and oxygen atoms in total. The summed E-state index contributed by atoms with van der Waals surface area (Å²) >= 11 is 0. The standard InChI is InChI=1S/C7H9NO3/c1-5(9)11-7-3-2-6(4-7)8-10/h2-3,7,10H,4H2,1H3/t7-/m0/s1. The summed E-state index contributed by atoms with van der Waals surface area (Å²) in [5.41, 5.74) is 0.538. The van der Waals surface area contributed by atoms with Crippen LogP contribution in [-0.4, -0.2) is 23.0 Å². The third kappa shape index (κ3) is 2.07. The van der Waals surface area contributed by atoms with Crippen LogP contribution in [0.1, 0.15) is 13.3 Å². The van der Waals surface area contributed by atoms with Crippen molar-refractivity contribution in [3.63, 3.8) is 0 Å². The number of rotatable bonds is 1. The fraction of sp³-hybridized carbons (Fsp3) is 0.429. The zero-order valence-corrected chi connectivity index (χ0v) is 6.15. The Morgan fingerprint density at radius 2 is 2.64 bits per heavy atom. The Balaban J connectivity index is 2.44. The number of oxime groups is 1. The van der Waals surface area contributed by atoms with Crippen LogP contribution >= 0.6 is 0 Å². The summed E-state index contributed by atoms with van der Waals surface area (Å²) in [5, 5.41) is 11.3. The molecule has 1 atom stereocenters. The van der Waals surface area contributed by atoms with Gasteiger partial charge in [-0.15, -0.1) is 0 Å². The molecule has 0 heterocycles. The lowest BCUT2D eigenvalue weighted by Crippen LogP contribution is -2.12. The van der Waals surface area contributed by atoms with Crippen molar-refractivity contribution in [2.45, 2.75) is 19.4 Å². The maximum absolute atomic E-state index is 10.4. The highest BCUT2D eigenvalue weighted by molar-refractivity contribution is 5.97. The molecule has 1 N–H and O–H groups in total. The summed E-state index contributed by atoms with van der Waals surface area (Å²) in [7, 11) is 0. The number of allylic oxidation sites excluding steroid dienone is 1. The highest BCUT2D eigenvalue weighted by atomic mass is 16.5. The molecule has 60 valence electrons. The minimum atomic E-state index is -0.321. The van der Waals surface area contributed by atoms with Gasteiger partial charge >= 0.3 is 5.97 Å². The Morgan fingerprint density at radius 1 is 1.91 bits per heavy atom. The predicted molar refractivity (Wildman–Crippen MR) is 38.5 cm³/mol. The Kier molecular flexibility index (Phi) is 2.25. The molecule has 0 spiro atoms. The minimum absolute atomic E-state index is 0.251. The van der Waals surface area contributed by atoms with Crippen molar-refractivity contribution in [3.8, 4) is 0 Å². The molecule has 0 fully saturated rings. The molecule has 4 heteroatoms. The number of hydrogen-bond acceptors (Lipinski definition) is 4.